The molecule has 0 heterocycles. The quantitative estimate of drug-likeness (QED) is 0.644. The van der Waals surface area contributed by atoms with Crippen molar-refractivity contribution in [2.45, 2.75) is 26.3 Å². The van der Waals surface area contributed by atoms with Crippen molar-refractivity contribution in [1.29, 1.82) is 0 Å². The zero-order chi connectivity index (χ0) is 13.2. The van der Waals surface area contributed by atoms with Gasteiger partial charge in [-0.25, -0.2) is 0 Å². The predicted octanol–water partition coefficient (Wildman–Crippen LogP) is 2.11. The van der Waals surface area contributed by atoms with Crippen LogP contribution in [0.15, 0.2) is 18.2 Å². The van der Waals surface area contributed by atoms with Crippen LogP contribution in [0, 0.1) is 17.0 Å². The highest BCUT2D eigenvalue weighted by molar-refractivity contribution is 5.57. The van der Waals surface area contributed by atoms with Crippen molar-refractivity contribution >= 4 is 11.4 Å². The third kappa shape index (κ3) is 2.74. The Bertz CT molecular complexity index is 430. The molecule has 0 saturated carbocycles. The van der Waals surface area contributed by atoms with Gasteiger partial charge in [-0.05, 0) is 26.8 Å². The number of nitro benzene ring substituents is 1. The number of anilines is 1. The first-order valence-corrected chi connectivity index (χ1v) is 5.39. The molecule has 0 aromatic heterocycles. The van der Waals surface area contributed by atoms with Crippen LogP contribution in [0.1, 0.15) is 19.4 Å². The van der Waals surface area contributed by atoms with Gasteiger partial charge in [0, 0.05) is 24.4 Å². The average Bonchev–Trinajstić information content (AvgIpc) is 2.28. The highest BCUT2D eigenvalue weighted by atomic mass is 16.6. The molecule has 0 fully saturated rings. The molecule has 0 spiro atoms. The van der Waals surface area contributed by atoms with Crippen LogP contribution < -0.4 is 4.90 Å². The summed E-state index contributed by atoms with van der Waals surface area (Å²) in [6.07, 6.45) is 0. The minimum absolute atomic E-state index is 0.0226. The molecule has 0 aliphatic rings. The van der Waals surface area contributed by atoms with Gasteiger partial charge in [0.05, 0.1) is 17.1 Å². The average molecular weight is 238 g/mol. The summed E-state index contributed by atoms with van der Waals surface area (Å²) in [4.78, 5) is 12.3. The number of likely N-dealkylation sites (N-methyl/N-ethyl adjacent to an activating group) is 1. The molecule has 1 aromatic rings. The van der Waals surface area contributed by atoms with Gasteiger partial charge >= 0.3 is 0 Å². The fraction of sp³-hybridized carbons (Fsp3) is 0.500. The molecule has 0 aliphatic heterocycles. The van der Waals surface area contributed by atoms with Crippen molar-refractivity contribution in [2.24, 2.45) is 0 Å². The number of benzene rings is 1. The third-order valence-corrected chi connectivity index (χ3v) is 3.07. The maximum absolute atomic E-state index is 10.9. The topological polar surface area (TPSA) is 66.6 Å². The van der Waals surface area contributed by atoms with Crippen LogP contribution in [0.25, 0.3) is 0 Å². The van der Waals surface area contributed by atoms with E-state index in [1.54, 1.807) is 13.0 Å². The lowest BCUT2D eigenvalue weighted by Crippen LogP contribution is -2.44. The summed E-state index contributed by atoms with van der Waals surface area (Å²) in [6.45, 7) is 5.43. The van der Waals surface area contributed by atoms with E-state index in [4.69, 9.17) is 0 Å². The zero-order valence-electron chi connectivity index (χ0n) is 10.6. The molecule has 0 bridgehead atoms. The van der Waals surface area contributed by atoms with E-state index in [9.17, 15) is 15.2 Å². The van der Waals surface area contributed by atoms with Crippen molar-refractivity contribution in [3.8, 4) is 0 Å². The third-order valence-electron chi connectivity index (χ3n) is 3.07. The molecular weight excluding hydrogens is 220 g/mol. The second-order valence-corrected chi connectivity index (χ2v) is 4.76. The van der Waals surface area contributed by atoms with E-state index in [2.05, 4.69) is 0 Å². The predicted molar refractivity (Wildman–Crippen MR) is 67.4 cm³/mol. The SMILES string of the molecule is Cc1ccc(N(C)C(C)(C)CO)cc1[N+](=O)[O-]. The molecule has 94 valence electrons. The Hall–Kier alpha value is -1.62. The monoisotopic (exact) mass is 238 g/mol. The molecule has 5 heteroatoms. The van der Waals surface area contributed by atoms with Crippen molar-refractivity contribution in [3.05, 3.63) is 33.9 Å². The van der Waals surface area contributed by atoms with Crippen LogP contribution in [0.3, 0.4) is 0 Å². The van der Waals surface area contributed by atoms with Crippen molar-refractivity contribution in [1.82, 2.24) is 0 Å². The first kappa shape index (κ1) is 13.4. The summed E-state index contributed by atoms with van der Waals surface area (Å²) in [6, 6.07) is 5.07. The molecule has 0 saturated heterocycles. The molecule has 1 aromatic carbocycles. The van der Waals surface area contributed by atoms with Gasteiger partial charge in [-0.3, -0.25) is 10.1 Å². The lowest BCUT2D eigenvalue weighted by Gasteiger charge is -2.35. The minimum atomic E-state index is -0.455. The Morgan fingerprint density at radius 3 is 2.53 bits per heavy atom. The second-order valence-electron chi connectivity index (χ2n) is 4.76. The van der Waals surface area contributed by atoms with E-state index in [0.717, 1.165) is 5.69 Å². The van der Waals surface area contributed by atoms with Gasteiger partial charge in [-0.15, -0.1) is 0 Å². The number of aryl methyl sites for hydroxylation is 1. The number of hydrogen-bond donors (Lipinski definition) is 1. The zero-order valence-corrected chi connectivity index (χ0v) is 10.6. The van der Waals surface area contributed by atoms with Crippen LogP contribution in [-0.4, -0.2) is 29.2 Å². The van der Waals surface area contributed by atoms with Gasteiger partial charge < -0.3 is 10.0 Å². The summed E-state index contributed by atoms with van der Waals surface area (Å²) in [5.41, 5.74) is 1.00. The van der Waals surface area contributed by atoms with Crippen LogP contribution >= 0.6 is 0 Å². The molecule has 17 heavy (non-hydrogen) atoms. The Kier molecular flexibility index (Phi) is 3.72. The number of hydrogen-bond acceptors (Lipinski definition) is 4. The molecule has 0 amide bonds. The Morgan fingerprint density at radius 1 is 1.47 bits per heavy atom. The maximum atomic E-state index is 10.9. The maximum Gasteiger partial charge on any atom is 0.274 e. The summed E-state index contributed by atoms with van der Waals surface area (Å²) < 4.78 is 0. The number of nitro groups is 1. The van der Waals surface area contributed by atoms with E-state index < -0.39 is 10.5 Å². The number of aliphatic hydroxyl groups is 1. The van der Waals surface area contributed by atoms with Gasteiger partial charge in [0.15, 0.2) is 0 Å². The van der Waals surface area contributed by atoms with Crippen LogP contribution in [0.5, 0.6) is 0 Å². The van der Waals surface area contributed by atoms with Gasteiger partial charge in [0.25, 0.3) is 5.69 Å². The summed E-state index contributed by atoms with van der Waals surface area (Å²) >= 11 is 0. The summed E-state index contributed by atoms with van der Waals surface area (Å²) in [7, 11) is 1.81. The Balaban J connectivity index is 3.16. The lowest BCUT2D eigenvalue weighted by atomic mass is 10.0. The van der Waals surface area contributed by atoms with E-state index in [1.165, 1.54) is 6.07 Å². The van der Waals surface area contributed by atoms with Crippen LogP contribution in [-0.2, 0) is 0 Å². The van der Waals surface area contributed by atoms with Gasteiger partial charge in [-0.2, -0.15) is 0 Å². The van der Waals surface area contributed by atoms with Crippen LogP contribution in [0.4, 0.5) is 11.4 Å². The van der Waals surface area contributed by atoms with Gasteiger partial charge in [0.1, 0.15) is 0 Å². The Labute approximate surface area is 101 Å². The fourth-order valence-corrected chi connectivity index (χ4v) is 1.46. The highest BCUT2D eigenvalue weighted by Crippen LogP contribution is 2.28. The van der Waals surface area contributed by atoms with Gasteiger partial charge in [-0.1, -0.05) is 6.07 Å². The van der Waals surface area contributed by atoms with E-state index in [-0.39, 0.29) is 12.3 Å². The van der Waals surface area contributed by atoms with Crippen LogP contribution in [0.2, 0.25) is 0 Å². The molecule has 0 unspecified atom stereocenters. The normalized spacial score (nSPS) is 11.4. The van der Waals surface area contributed by atoms with Crippen molar-refractivity contribution in [3.63, 3.8) is 0 Å². The van der Waals surface area contributed by atoms with E-state index >= 15 is 0 Å². The summed E-state index contributed by atoms with van der Waals surface area (Å²) in [5, 5.41) is 20.1. The first-order valence-electron chi connectivity index (χ1n) is 5.39. The smallest absolute Gasteiger partial charge is 0.274 e. The molecule has 0 radical (unpaired) electrons. The molecule has 0 aliphatic carbocycles. The molecule has 0 atom stereocenters. The molecule has 1 N–H and O–H groups in total. The lowest BCUT2D eigenvalue weighted by molar-refractivity contribution is -0.385. The number of rotatable bonds is 4. The standard InChI is InChI=1S/C12H18N2O3/c1-9-5-6-10(7-11(9)14(16)17)13(4)12(2,3)8-15/h5-7,15H,8H2,1-4H3. The van der Waals surface area contributed by atoms with E-state index in [1.807, 2.05) is 31.9 Å². The molecule has 5 nitrogen and oxygen atoms in total. The second kappa shape index (κ2) is 4.71. The Morgan fingerprint density at radius 2 is 2.06 bits per heavy atom. The summed E-state index contributed by atoms with van der Waals surface area (Å²) in [5.74, 6) is 0. The van der Waals surface area contributed by atoms with Gasteiger partial charge in [0.2, 0.25) is 0 Å². The fourth-order valence-electron chi connectivity index (χ4n) is 1.46. The highest BCUT2D eigenvalue weighted by Gasteiger charge is 2.24. The number of nitrogens with zero attached hydrogens (tertiary/aromatic N) is 2. The number of aliphatic hydroxyl groups excluding tert-OH is 1. The molecule has 1 rings (SSSR count). The largest absolute Gasteiger partial charge is 0.394 e. The van der Waals surface area contributed by atoms with E-state index in [0.29, 0.717) is 5.56 Å². The van der Waals surface area contributed by atoms with Crippen molar-refractivity contribution < 1.29 is 10.0 Å². The minimum Gasteiger partial charge on any atom is -0.394 e. The molecular formula is C12H18N2O3. The first-order chi connectivity index (χ1) is 7.79. The van der Waals surface area contributed by atoms with Crippen molar-refractivity contribution in [2.75, 3.05) is 18.6 Å².